The molecular weight excluding hydrogens is 440 g/mol. The molecule has 0 saturated carbocycles. The second-order valence-corrected chi connectivity index (χ2v) is 7.95. The van der Waals surface area contributed by atoms with Gasteiger partial charge in [-0.05, 0) is 97.1 Å². The molecule has 4 aromatic carbocycles. The standard InChI is InChI=1S/C28H26N4O3/c29-21-5-1-19(2-6-21)27(33)17-31-23-9-13-25(14-10-23)35-26-15-11-24(12-16-26)32-18-28(34)20-3-7-22(30)8-4-20/h1-16,31-32H,17-18,29-30H2. The van der Waals surface area contributed by atoms with Crippen LogP contribution >= 0.6 is 0 Å². The summed E-state index contributed by atoms with van der Waals surface area (Å²) in [5.74, 6) is 1.29. The quantitative estimate of drug-likeness (QED) is 0.186. The minimum atomic E-state index is -0.0193. The summed E-state index contributed by atoms with van der Waals surface area (Å²) in [4.78, 5) is 24.6. The van der Waals surface area contributed by atoms with Crippen molar-refractivity contribution < 1.29 is 14.3 Å². The van der Waals surface area contributed by atoms with Crippen molar-refractivity contribution in [1.29, 1.82) is 0 Å². The normalized spacial score (nSPS) is 10.4. The second kappa shape index (κ2) is 10.9. The van der Waals surface area contributed by atoms with Gasteiger partial charge in [-0.2, -0.15) is 0 Å². The average molecular weight is 467 g/mol. The van der Waals surface area contributed by atoms with Crippen LogP contribution in [0.25, 0.3) is 0 Å². The number of nitrogen functional groups attached to an aromatic ring is 2. The van der Waals surface area contributed by atoms with Crippen molar-refractivity contribution in [2.45, 2.75) is 0 Å². The van der Waals surface area contributed by atoms with Crippen molar-refractivity contribution in [3.63, 3.8) is 0 Å². The Morgan fingerprint density at radius 1 is 0.543 bits per heavy atom. The first-order valence-corrected chi connectivity index (χ1v) is 11.1. The maximum atomic E-state index is 12.3. The Bertz CT molecular complexity index is 1180. The lowest BCUT2D eigenvalue weighted by Crippen LogP contribution is -2.14. The molecule has 7 heteroatoms. The number of rotatable bonds is 10. The summed E-state index contributed by atoms with van der Waals surface area (Å²) in [7, 11) is 0. The molecule has 0 fully saturated rings. The third-order valence-electron chi connectivity index (χ3n) is 5.32. The molecule has 176 valence electrons. The monoisotopic (exact) mass is 466 g/mol. The van der Waals surface area contributed by atoms with E-state index in [1.54, 1.807) is 48.5 Å². The van der Waals surface area contributed by atoms with E-state index in [4.69, 9.17) is 16.2 Å². The molecule has 0 atom stereocenters. The smallest absolute Gasteiger partial charge is 0.181 e. The van der Waals surface area contributed by atoms with E-state index in [1.807, 2.05) is 48.5 Å². The lowest BCUT2D eigenvalue weighted by molar-refractivity contribution is 0.0998. The zero-order valence-corrected chi connectivity index (χ0v) is 19.0. The topological polar surface area (TPSA) is 119 Å². The zero-order chi connectivity index (χ0) is 24.6. The van der Waals surface area contributed by atoms with E-state index in [0.717, 1.165) is 11.4 Å². The van der Waals surface area contributed by atoms with Crippen molar-refractivity contribution in [2.75, 3.05) is 35.2 Å². The van der Waals surface area contributed by atoms with Crippen LogP contribution in [0.4, 0.5) is 22.7 Å². The molecule has 35 heavy (non-hydrogen) atoms. The molecule has 0 unspecified atom stereocenters. The van der Waals surface area contributed by atoms with Crippen LogP contribution in [0.1, 0.15) is 20.7 Å². The van der Waals surface area contributed by atoms with Gasteiger partial charge in [0.05, 0.1) is 13.1 Å². The number of anilines is 4. The Morgan fingerprint density at radius 2 is 0.886 bits per heavy atom. The van der Waals surface area contributed by atoms with Gasteiger partial charge < -0.3 is 26.8 Å². The number of ether oxygens (including phenoxy) is 1. The molecule has 0 aliphatic rings. The van der Waals surface area contributed by atoms with Gasteiger partial charge in [-0.15, -0.1) is 0 Å². The van der Waals surface area contributed by atoms with E-state index in [0.29, 0.717) is 34.0 Å². The molecule has 0 saturated heterocycles. The number of hydrogen-bond acceptors (Lipinski definition) is 7. The van der Waals surface area contributed by atoms with Crippen LogP contribution in [-0.2, 0) is 0 Å². The number of ketones is 2. The molecule has 4 rings (SSSR count). The van der Waals surface area contributed by atoms with E-state index < -0.39 is 0 Å². The lowest BCUT2D eigenvalue weighted by Gasteiger charge is -2.10. The van der Waals surface area contributed by atoms with Crippen molar-refractivity contribution in [3.05, 3.63) is 108 Å². The van der Waals surface area contributed by atoms with Crippen LogP contribution in [0, 0.1) is 0 Å². The third kappa shape index (κ3) is 6.61. The fraction of sp³-hybridized carbons (Fsp3) is 0.0714. The van der Waals surface area contributed by atoms with Gasteiger partial charge in [-0.25, -0.2) is 0 Å². The van der Waals surface area contributed by atoms with Crippen molar-refractivity contribution >= 4 is 34.3 Å². The van der Waals surface area contributed by atoms with Crippen LogP contribution < -0.4 is 26.8 Å². The molecule has 0 spiro atoms. The Hall–Kier alpha value is -4.78. The van der Waals surface area contributed by atoms with E-state index in [-0.39, 0.29) is 24.7 Å². The van der Waals surface area contributed by atoms with Crippen LogP contribution in [0.3, 0.4) is 0 Å². The van der Waals surface area contributed by atoms with Gasteiger partial charge in [0.25, 0.3) is 0 Å². The minimum absolute atomic E-state index is 0.0193. The van der Waals surface area contributed by atoms with Gasteiger partial charge in [-0.1, -0.05) is 0 Å². The molecule has 0 aliphatic carbocycles. The summed E-state index contributed by atoms with van der Waals surface area (Å²) in [6, 6.07) is 28.4. The molecule has 4 aromatic rings. The highest BCUT2D eigenvalue weighted by atomic mass is 16.5. The Labute approximate surface area is 203 Å². The molecule has 7 nitrogen and oxygen atoms in total. The van der Waals surface area contributed by atoms with Crippen molar-refractivity contribution in [1.82, 2.24) is 0 Å². The first kappa shape index (κ1) is 23.4. The lowest BCUT2D eigenvalue weighted by atomic mass is 10.1. The van der Waals surface area contributed by atoms with E-state index in [2.05, 4.69) is 10.6 Å². The number of hydrogen-bond donors (Lipinski definition) is 4. The number of Topliss-reactive ketones (excluding diaryl/α,β-unsaturated/α-hetero) is 2. The molecule has 0 amide bonds. The highest BCUT2D eigenvalue weighted by Gasteiger charge is 2.07. The molecular formula is C28H26N4O3. The van der Waals surface area contributed by atoms with Gasteiger partial charge in [0, 0.05) is 33.9 Å². The predicted octanol–water partition coefficient (Wildman–Crippen LogP) is 5.23. The minimum Gasteiger partial charge on any atom is -0.457 e. The number of nitrogens with two attached hydrogens (primary N) is 2. The fourth-order valence-electron chi connectivity index (χ4n) is 3.32. The molecule has 0 aliphatic heterocycles. The van der Waals surface area contributed by atoms with Crippen molar-refractivity contribution in [2.24, 2.45) is 0 Å². The molecule has 0 radical (unpaired) electrons. The fourth-order valence-corrected chi connectivity index (χ4v) is 3.32. The third-order valence-corrected chi connectivity index (χ3v) is 5.32. The Kier molecular flexibility index (Phi) is 7.28. The maximum Gasteiger partial charge on any atom is 0.181 e. The Balaban J connectivity index is 1.25. The summed E-state index contributed by atoms with van der Waals surface area (Å²) in [6.07, 6.45) is 0. The maximum absolute atomic E-state index is 12.3. The van der Waals surface area contributed by atoms with Crippen LogP contribution in [0.5, 0.6) is 11.5 Å². The first-order valence-electron chi connectivity index (χ1n) is 11.1. The average Bonchev–Trinajstić information content (AvgIpc) is 2.88. The highest BCUT2D eigenvalue weighted by molar-refractivity contribution is 5.99. The van der Waals surface area contributed by atoms with Gasteiger partial charge >= 0.3 is 0 Å². The van der Waals surface area contributed by atoms with Crippen molar-refractivity contribution in [3.8, 4) is 11.5 Å². The molecule has 6 N–H and O–H groups in total. The molecule has 0 heterocycles. The van der Waals surface area contributed by atoms with Crippen LogP contribution in [-0.4, -0.2) is 24.7 Å². The van der Waals surface area contributed by atoms with Crippen LogP contribution in [0.2, 0.25) is 0 Å². The molecule has 0 aromatic heterocycles. The SMILES string of the molecule is Nc1ccc(C(=O)CNc2ccc(Oc3ccc(NCC(=O)c4ccc(N)cc4)cc3)cc2)cc1. The highest BCUT2D eigenvalue weighted by Crippen LogP contribution is 2.24. The number of nitrogens with one attached hydrogen (secondary N) is 2. The Morgan fingerprint density at radius 3 is 1.23 bits per heavy atom. The van der Waals surface area contributed by atoms with Gasteiger partial charge in [0.15, 0.2) is 11.6 Å². The predicted molar refractivity (Wildman–Crippen MR) is 140 cm³/mol. The number of carbonyl (C=O) groups excluding carboxylic acids is 2. The molecule has 0 bridgehead atoms. The summed E-state index contributed by atoms with van der Waals surface area (Å²) >= 11 is 0. The number of benzene rings is 4. The van der Waals surface area contributed by atoms with E-state index >= 15 is 0 Å². The summed E-state index contributed by atoms with van der Waals surface area (Å²) in [5.41, 5.74) is 15.4. The summed E-state index contributed by atoms with van der Waals surface area (Å²) < 4.78 is 5.89. The number of carbonyl (C=O) groups is 2. The van der Waals surface area contributed by atoms with E-state index in [9.17, 15) is 9.59 Å². The van der Waals surface area contributed by atoms with Gasteiger partial charge in [-0.3, -0.25) is 9.59 Å². The summed E-state index contributed by atoms with van der Waals surface area (Å²) in [6.45, 7) is 0.360. The first-order chi connectivity index (χ1) is 17.0. The zero-order valence-electron chi connectivity index (χ0n) is 19.0. The summed E-state index contributed by atoms with van der Waals surface area (Å²) in [5, 5.41) is 6.23. The van der Waals surface area contributed by atoms with E-state index in [1.165, 1.54) is 0 Å². The largest absolute Gasteiger partial charge is 0.457 e. The van der Waals surface area contributed by atoms with Gasteiger partial charge in [0.2, 0.25) is 0 Å². The van der Waals surface area contributed by atoms with Gasteiger partial charge in [0.1, 0.15) is 11.5 Å². The van der Waals surface area contributed by atoms with Crippen LogP contribution in [0.15, 0.2) is 97.1 Å². The second-order valence-electron chi connectivity index (χ2n) is 7.95.